The molecular weight excluding hydrogens is 430 g/mol. The average molecular weight is 452 g/mol. The van der Waals surface area contributed by atoms with E-state index in [0.717, 1.165) is 44.2 Å². The molecule has 33 heavy (non-hydrogen) atoms. The van der Waals surface area contributed by atoms with Crippen molar-refractivity contribution in [2.45, 2.75) is 13.8 Å². The van der Waals surface area contributed by atoms with Gasteiger partial charge in [0.1, 0.15) is 0 Å². The molecule has 0 aliphatic heterocycles. The van der Waals surface area contributed by atoms with E-state index in [1.165, 1.54) is 0 Å². The summed E-state index contributed by atoms with van der Waals surface area (Å²) >= 11 is 6.47. The third-order valence-electron chi connectivity index (χ3n) is 5.90. The summed E-state index contributed by atoms with van der Waals surface area (Å²) < 4.78 is 2.09. The minimum Gasteiger partial charge on any atom is -0.318 e. The number of rotatable bonds is 4. The summed E-state index contributed by atoms with van der Waals surface area (Å²) in [5, 5.41) is 9.05. The molecule has 1 heterocycles. The van der Waals surface area contributed by atoms with Gasteiger partial charge in [-0.2, -0.15) is 5.10 Å². The van der Waals surface area contributed by atoms with Crippen molar-refractivity contribution in [2.24, 2.45) is 5.10 Å². The van der Waals surface area contributed by atoms with Crippen LogP contribution in [0.15, 0.2) is 90.0 Å². The molecule has 162 valence electrons. The third kappa shape index (κ3) is 3.90. The zero-order valence-corrected chi connectivity index (χ0v) is 19.1. The maximum Gasteiger partial charge on any atom is 0.272 e. The number of aromatic nitrogens is 1. The Kier molecular flexibility index (Phi) is 5.45. The minimum absolute atomic E-state index is 0.353. The lowest BCUT2D eigenvalue weighted by molar-refractivity contribution is 0.0955. The summed E-state index contributed by atoms with van der Waals surface area (Å²) in [5.41, 5.74) is 7.10. The van der Waals surface area contributed by atoms with Crippen molar-refractivity contribution in [2.75, 3.05) is 0 Å². The number of nitrogens with zero attached hydrogens (tertiary/aromatic N) is 2. The summed E-state index contributed by atoms with van der Waals surface area (Å²) in [7, 11) is 0. The molecule has 1 amide bonds. The van der Waals surface area contributed by atoms with Gasteiger partial charge < -0.3 is 4.57 Å². The number of fused-ring (bicyclic) bond motifs is 2. The van der Waals surface area contributed by atoms with Gasteiger partial charge in [0.2, 0.25) is 0 Å². The number of nitrogens with one attached hydrogen (secondary N) is 1. The summed E-state index contributed by atoms with van der Waals surface area (Å²) in [6.07, 6.45) is 1.71. The number of hydrogen-bond acceptors (Lipinski definition) is 2. The molecule has 0 atom stereocenters. The number of benzene rings is 4. The second-order valence-corrected chi connectivity index (χ2v) is 8.45. The molecule has 0 saturated heterocycles. The lowest BCUT2D eigenvalue weighted by atomic mass is 9.97. The number of hydrazone groups is 1. The van der Waals surface area contributed by atoms with Gasteiger partial charge in [0.25, 0.3) is 5.91 Å². The van der Waals surface area contributed by atoms with Crippen molar-refractivity contribution in [3.05, 3.63) is 112 Å². The van der Waals surface area contributed by atoms with Crippen LogP contribution in [0.4, 0.5) is 0 Å². The van der Waals surface area contributed by atoms with Gasteiger partial charge >= 0.3 is 0 Å². The van der Waals surface area contributed by atoms with Crippen molar-refractivity contribution < 1.29 is 4.79 Å². The van der Waals surface area contributed by atoms with Crippen LogP contribution in [0.5, 0.6) is 0 Å². The molecule has 0 radical (unpaired) electrons. The van der Waals surface area contributed by atoms with E-state index < -0.39 is 0 Å². The van der Waals surface area contributed by atoms with Crippen LogP contribution in [-0.4, -0.2) is 16.7 Å². The van der Waals surface area contributed by atoms with Gasteiger partial charge in [-0.15, -0.1) is 0 Å². The van der Waals surface area contributed by atoms with E-state index in [4.69, 9.17) is 11.6 Å². The first-order valence-electron chi connectivity index (χ1n) is 10.7. The monoisotopic (exact) mass is 451 g/mol. The Bertz CT molecular complexity index is 1470. The van der Waals surface area contributed by atoms with Gasteiger partial charge in [0.15, 0.2) is 0 Å². The lowest BCUT2D eigenvalue weighted by Crippen LogP contribution is -2.18. The van der Waals surface area contributed by atoms with Gasteiger partial charge in [-0.05, 0) is 71.8 Å². The van der Waals surface area contributed by atoms with Crippen LogP contribution in [0.2, 0.25) is 5.02 Å². The molecule has 0 aliphatic rings. The largest absolute Gasteiger partial charge is 0.318 e. The number of aryl methyl sites for hydroxylation is 2. The number of amides is 1. The first kappa shape index (κ1) is 21.0. The standard InChI is InChI=1S/C28H22ClN3O/c1-18-11-12-19(2)32(18)22-13-14-25(27(29)16-22)28(33)31-30-17-26-23-9-5-3-7-20(23)15-21-8-4-6-10-24(21)26/h3-17H,1-2H3,(H,31,33)/b30-17-. The lowest BCUT2D eigenvalue weighted by Gasteiger charge is -2.11. The molecule has 0 spiro atoms. The van der Waals surface area contributed by atoms with Gasteiger partial charge in [-0.25, -0.2) is 5.43 Å². The summed E-state index contributed by atoms with van der Waals surface area (Å²) in [5.74, 6) is -0.353. The van der Waals surface area contributed by atoms with Crippen LogP contribution < -0.4 is 5.43 Å². The zero-order chi connectivity index (χ0) is 22.9. The predicted molar refractivity (Wildman–Crippen MR) is 137 cm³/mol. The molecule has 5 aromatic rings. The Balaban J connectivity index is 1.44. The van der Waals surface area contributed by atoms with Crippen molar-refractivity contribution in [3.63, 3.8) is 0 Å². The SMILES string of the molecule is Cc1ccc(C)n1-c1ccc(C(=O)N/N=C\c2c3ccccc3cc3ccccc23)c(Cl)c1. The first-order chi connectivity index (χ1) is 16.0. The molecule has 1 N–H and O–H groups in total. The van der Waals surface area contributed by atoms with Gasteiger partial charge in [0, 0.05) is 22.6 Å². The molecule has 0 aliphatic carbocycles. The highest BCUT2D eigenvalue weighted by Gasteiger charge is 2.13. The van der Waals surface area contributed by atoms with Crippen molar-refractivity contribution in [3.8, 4) is 5.69 Å². The normalized spacial score (nSPS) is 11.5. The van der Waals surface area contributed by atoms with E-state index in [0.29, 0.717) is 10.6 Å². The molecule has 5 heteroatoms. The van der Waals surface area contributed by atoms with Crippen LogP contribution in [0.3, 0.4) is 0 Å². The molecule has 5 rings (SSSR count). The van der Waals surface area contributed by atoms with E-state index in [9.17, 15) is 4.79 Å². The molecule has 1 aromatic heterocycles. The minimum atomic E-state index is -0.353. The predicted octanol–water partition coefficient (Wildman–Crippen LogP) is 6.82. The Hall–Kier alpha value is -3.89. The number of hydrogen-bond donors (Lipinski definition) is 1. The third-order valence-corrected chi connectivity index (χ3v) is 6.21. The number of carbonyl (C=O) groups is 1. The van der Waals surface area contributed by atoms with Crippen molar-refractivity contribution in [1.82, 2.24) is 9.99 Å². The van der Waals surface area contributed by atoms with Crippen LogP contribution in [0.1, 0.15) is 27.3 Å². The Labute approximate surface area is 197 Å². The Morgan fingerprint density at radius 1 is 0.848 bits per heavy atom. The highest BCUT2D eigenvalue weighted by Crippen LogP contribution is 2.27. The summed E-state index contributed by atoms with van der Waals surface area (Å²) in [6, 6.07) is 28.0. The van der Waals surface area contributed by atoms with Gasteiger partial charge in [-0.3, -0.25) is 4.79 Å². The molecule has 0 saturated carbocycles. The van der Waals surface area contributed by atoms with E-state index >= 15 is 0 Å². The van der Waals surface area contributed by atoms with Crippen LogP contribution in [-0.2, 0) is 0 Å². The Morgan fingerprint density at radius 3 is 2.06 bits per heavy atom. The molecular formula is C28H22ClN3O. The maximum atomic E-state index is 12.8. The van der Waals surface area contributed by atoms with E-state index in [1.54, 1.807) is 18.3 Å². The topological polar surface area (TPSA) is 46.4 Å². The van der Waals surface area contributed by atoms with Crippen LogP contribution in [0.25, 0.3) is 27.2 Å². The molecule has 0 unspecified atom stereocenters. The quantitative estimate of drug-likeness (QED) is 0.182. The van der Waals surface area contributed by atoms with Crippen molar-refractivity contribution >= 4 is 45.3 Å². The zero-order valence-electron chi connectivity index (χ0n) is 18.3. The molecule has 0 fully saturated rings. The fraction of sp³-hybridized carbons (Fsp3) is 0.0714. The van der Waals surface area contributed by atoms with Gasteiger partial charge in [-0.1, -0.05) is 60.1 Å². The smallest absolute Gasteiger partial charge is 0.272 e. The van der Waals surface area contributed by atoms with Crippen LogP contribution >= 0.6 is 11.6 Å². The molecule has 4 aromatic carbocycles. The van der Waals surface area contributed by atoms with Crippen molar-refractivity contribution in [1.29, 1.82) is 0 Å². The summed E-state index contributed by atoms with van der Waals surface area (Å²) in [4.78, 5) is 12.8. The van der Waals surface area contributed by atoms with E-state index in [2.05, 4.69) is 57.6 Å². The van der Waals surface area contributed by atoms with Crippen LogP contribution in [0, 0.1) is 13.8 Å². The number of halogens is 1. The maximum absolute atomic E-state index is 12.8. The average Bonchev–Trinajstić information content (AvgIpc) is 3.16. The highest BCUT2D eigenvalue weighted by molar-refractivity contribution is 6.34. The number of carbonyl (C=O) groups excluding carboxylic acids is 1. The molecule has 0 bridgehead atoms. The summed E-state index contributed by atoms with van der Waals surface area (Å²) in [6.45, 7) is 4.07. The highest BCUT2D eigenvalue weighted by atomic mass is 35.5. The van der Waals surface area contributed by atoms with Gasteiger partial charge in [0.05, 0.1) is 16.8 Å². The second kappa shape index (κ2) is 8.57. The molecule has 4 nitrogen and oxygen atoms in total. The fourth-order valence-electron chi connectivity index (χ4n) is 4.31. The van der Waals surface area contributed by atoms with E-state index in [1.807, 2.05) is 44.2 Å². The first-order valence-corrected chi connectivity index (χ1v) is 11.1. The second-order valence-electron chi connectivity index (χ2n) is 8.05. The fourth-order valence-corrected chi connectivity index (χ4v) is 4.57. The van der Waals surface area contributed by atoms with E-state index in [-0.39, 0.29) is 5.91 Å². The Morgan fingerprint density at radius 2 is 1.45 bits per heavy atom.